The molecular weight excluding hydrogens is 429 g/mol. The molecule has 0 aliphatic rings. The molecule has 2 heterocycles. The molecule has 0 radical (unpaired) electrons. The van der Waals surface area contributed by atoms with Crippen LogP contribution in [-0.2, 0) is 6.54 Å². The summed E-state index contributed by atoms with van der Waals surface area (Å²) in [5.74, 6) is -0.633. The minimum Gasteiger partial charge on any atom is -0.278 e. The number of thiazole rings is 1. The molecule has 4 rings (SSSR count). The van der Waals surface area contributed by atoms with E-state index in [9.17, 15) is 9.18 Å². The van der Waals surface area contributed by atoms with Crippen molar-refractivity contribution in [2.75, 3.05) is 4.90 Å². The predicted octanol–water partition coefficient (Wildman–Crippen LogP) is 5.44. The third-order valence-electron chi connectivity index (χ3n) is 3.95. The van der Waals surface area contributed by atoms with Crippen molar-refractivity contribution in [1.29, 1.82) is 0 Å². The number of halogens is 2. The van der Waals surface area contributed by atoms with Crippen LogP contribution in [-0.4, -0.2) is 15.9 Å². The number of anilines is 1. The highest BCUT2D eigenvalue weighted by molar-refractivity contribution is 9.10. The van der Waals surface area contributed by atoms with Crippen LogP contribution in [0.5, 0.6) is 0 Å². The molecule has 0 atom stereocenters. The van der Waals surface area contributed by atoms with Crippen molar-refractivity contribution in [3.05, 3.63) is 88.4 Å². The van der Waals surface area contributed by atoms with Crippen LogP contribution >= 0.6 is 27.3 Å². The third-order valence-corrected chi connectivity index (χ3v) is 5.49. The van der Waals surface area contributed by atoms with Gasteiger partial charge < -0.3 is 0 Å². The number of carbonyl (C=O) groups excluding carboxylic acids is 1. The normalized spacial score (nSPS) is 10.9. The molecule has 2 aromatic heterocycles. The Morgan fingerprint density at radius 1 is 1.11 bits per heavy atom. The number of hydrogen-bond acceptors (Lipinski definition) is 4. The number of pyridine rings is 1. The smallest absolute Gasteiger partial charge is 0.260 e. The quantitative estimate of drug-likeness (QED) is 0.423. The summed E-state index contributed by atoms with van der Waals surface area (Å²) in [6, 6.07) is 16.9. The predicted molar refractivity (Wildman–Crippen MR) is 108 cm³/mol. The maximum absolute atomic E-state index is 13.2. The fraction of sp³-hybridized carbons (Fsp3) is 0.0500. The van der Waals surface area contributed by atoms with E-state index in [-0.39, 0.29) is 18.3 Å². The van der Waals surface area contributed by atoms with Gasteiger partial charge in [0.2, 0.25) is 0 Å². The second-order valence-corrected chi connectivity index (χ2v) is 7.75. The number of aromatic nitrogens is 2. The zero-order chi connectivity index (χ0) is 18.8. The summed E-state index contributed by atoms with van der Waals surface area (Å²) in [6.07, 6.45) is 1.69. The zero-order valence-corrected chi connectivity index (χ0v) is 16.4. The summed E-state index contributed by atoms with van der Waals surface area (Å²) in [4.78, 5) is 23.6. The molecule has 2 aromatic carbocycles. The van der Waals surface area contributed by atoms with Gasteiger partial charge in [-0.3, -0.25) is 14.7 Å². The maximum atomic E-state index is 13.2. The van der Waals surface area contributed by atoms with Gasteiger partial charge in [0, 0.05) is 16.2 Å². The van der Waals surface area contributed by atoms with Gasteiger partial charge in [-0.1, -0.05) is 33.3 Å². The number of nitrogens with zero attached hydrogens (tertiary/aromatic N) is 3. The van der Waals surface area contributed by atoms with Crippen molar-refractivity contribution in [2.24, 2.45) is 0 Å². The summed E-state index contributed by atoms with van der Waals surface area (Å²) in [5, 5.41) is 0.572. The summed E-state index contributed by atoms with van der Waals surface area (Å²) in [6.45, 7) is 0.276. The van der Waals surface area contributed by atoms with Gasteiger partial charge in [0.15, 0.2) is 5.13 Å². The molecule has 0 unspecified atom stereocenters. The molecule has 4 aromatic rings. The highest BCUT2D eigenvalue weighted by Crippen LogP contribution is 2.32. The molecule has 0 N–H and O–H groups in total. The van der Waals surface area contributed by atoms with Gasteiger partial charge in [0.25, 0.3) is 5.91 Å². The molecular formula is C20H13BrFN3OS. The second-order valence-electron chi connectivity index (χ2n) is 5.83. The van der Waals surface area contributed by atoms with Crippen molar-refractivity contribution >= 4 is 48.5 Å². The second kappa shape index (κ2) is 7.54. The molecule has 0 fully saturated rings. The third kappa shape index (κ3) is 3.89. The minimum atomic E-state index is -0.382. The number of benzene rings is 2. The van der Waals surface area contributed by atoms with E-state index < -0.39 is 0 Å². The SMILES string of the molecule is O=C(c1ccc(F)cc1)N(Cc1ccccn1)c1nc2ccc(Br)cc2s1. The molecule has 0 aliphatic heterocycles. The Hall–Kier alpha value is -2.64. The van der Waals surface area contributed by atoms with Gasteiger partial charge in [-0.2, -0.15) is 0 Å². The zero-order valence-electron chi connectivity index (χ0n) is 14.0. The van der Waals surface area contributed by atoms with Crippen LogP contribution in [0, 0.1) is 5.82 Å². The van der Waals surface area contributed by atoms with Crippen LogP contribution in [0.25, 0.3) is 10.2 Å². The van der Waals surface area contributed by atoms with Crippen molar-refractivity contribution in [3.8, 4) is 0 Å². The lowest BCUT2D eigenvalue weighted by Crippen LogP contribution is -2.30. The number of amides is 1. The Morgan fingerprint density at radius 3 is 2.67 bits per heavy atom. The Balaban J connectivity index is 1.76. The molecule has 0 saturated heterocycles. The van der Waals surface area contributed by atoms with Gasteiger partial charge in [0.1, 0.15) is 5.82 Å². The van der Waals surface area contributed by atoms with Crippen molar-refractivity contribution in [2.45, 2.75) is 6.54 Å². The Bertz CT molecular complexity index is 1100. The average Bonchev–Trinajstić information content (AvgIpc) is 3.10. The highest BCUT2D eigenvalue weighted by Gasteiger charge is 2.22. The topological polar surface area (TPSA) is 46.1 Å². The highest BCUT2D eigenvalue weighted by atomic mass is 79.9. The van der Waals surface area contributed by atoms with Crippen molar-refractivity contribution in [3.63, 3.8) is 0 Å². The molecule has 4 nitrogen and oxygen atoms in total. The minimum absolute atomic E-state index is 0.251. The van der Waals surface area contributed by atoms with Gasteiger partial charge in [-0.15, -0.1) is 0 Å². The average molecular weight is 442 g/mol. The number of carbonyl (C=O) groups is 1. The molecule has 7 heteroatoms. The van der Waals surface area contributed by atoms with Crippen LogP contribution in [0.1, 0.15) is 16.1 Å². The van der Waals surface area contributed by atoms with Crippen LogP contribution in [0.15, 0.2) is 71.3 Å². The Labute approximate surface area is 167 Å². The lowest BCUT2D eigenvalue weighted by atomic mass is 10.2. The standard InChI is InChI=1S/C20H13BrFN3OS/c21-14-6-9-17-18(11-14)27-20(24-17)25(12-16-3-1-2-10-23-16)19(26)13-4-7-15(22)8-5-13/h1-11H,12H2. The molecule has 0 bridgehead atoms. The van der Waals surface area contributed by atoms with Crippen molar-refractivity contribution < 1.29 is 9.18 Å². The number of fused-ring (bicyclic) bond motifs is 1. The monoisotopic (exact) mass is 441 g/mol. The Kier molecular flexibility index (Phi) is 4.96. The van der Waals surface area contributed by atoms with E-state index in [0.717, 1.165) is 20.4 Å². The first kappa shape index (κ1) is 17.8. The molecule has 0 saturated carbocycles. The lowest BCUT2D eigenvalue weighted by molar-refractivity contribution is 0.0985. The summed E-state index contributed by atoms with van der Waals surface area (Å²) in [5.41, 5.74) is 1.96. The van der Waals surface area contributed by atoms with E-state index in [1.54, 1.807) is 11.1 Å². The van der Waals surface area contributed by atoms with Crippen molar-refractivity contribution in [1.82, 2.24) is 9.97 Å². The van der Waals surface area contributed by atoms with Gasteiger partial charge in [-0.25, -0.2) is 9.37 Å². The summed E-state index contributed by atoms with van der Waals surface area (Å²) >= 11 is 4.88. The first-order chi connectivity index (χ1) is 13.1. The molecule has 27 heavy (non-hydrogen) atoms. The van der Waals surface area contributed by atoms with Gasteiger partial charge in [-0.05, 0) is 54.6 Å². The molecule has 0 aliphatic carbocycles. The maximum Gasteiger partial charge on any atom is 0.260 e. The van der Waals surface area contributed by atoms with Crippen LogP contribution in [0.3, 0.4) is 0 Å². The fourth-order valence-corrected chi connectivity index (χ4v) is 4.15. The molecule has 134 valence electrons. The number of rotatable bonds is 4. The molecule has 1 amide bonds. The number of hydrogen-bond donors (Lipinski definition) is 0. The first-order valence-corrected chi connectivity index (χ1v) is 9.74. The van der Waals surface area contributed by atoms with Crippen LogP contribution in [0.2, 0.25) is 0 Å². The van der Waals surface area contributed by atoms with Gasteiger partial charge >= 0.3 is 0 Å². The van der Waals surface area contributed by atoms with Crippen LogP contribution < -0.4 is 4.90 Å². The fourth-order valence-electron chi connectivity index (χ4n) is 2.63. The first-order valence-electron chi connectivity index (χ1n) is 8.13. The van der Waals surface area contributed by atoms with E-state index in [2.05, 4.69) is 25.9 Å². The largest absolute Gasteiger partial charge is 0.278 e. The Morgan fingerprint density at radius 2 is 1.93 bits per heavy atom. The van der Waals surface area contributed by atoms with E-state index in [1.165, 1.54) is 35.6 Å². The summed E-state index contributed by atoms with van der Waals surface area (Å²) in [7, 11) is 0. The van der Waals surface area contributed by atoms with E-state index >= 15 is 0 Å². The molecule has 0 spiro atoms. The van der Waals surface area contributed by atoms with Gasteiger partial charge in [0.05, 0.1) is 22.5 Å². The van der Waals surface area contributed by atoms with Crippen LogP contribution in [0.4, 0.5) is 9.52 Å². The van der Waals surface area contributed by atoms with E-state index in [4.69, 9.17) is 0 Å². The summed E-state index contributed by atoms with van der Waals surface area (Å²) < 4.78 is 15.2. The van der Waals surface area contributed by atoms with E-state index in [0.29, 0.717) is 10.7 Å². The lowest BCUT2D eigenvalue weighted by Gasteiger charge is -2.19. The van der Waals surface area contributed by atoms with E-state index in [1.807, 2.05) is 36.4 Å².